The van der Waals surface area contributed by atoms with E-state index in [-0.39, 0.29) is 22.9 Å². The standard InChI is InChI=1S/C14H14N2O3/c1-8-7-9(2)16-14(12(8)13(15)18)19-11-6-4-3-5-10(11)17/h3-7,17H,1-2H3,(H2,15,18). The smallest absolute Gasteiger partial charge is 0.254 e. The van der Waals surface area contributed by atoms with Gasteiger partial charge >= 0.3 is 0 Å². The van der Waals surface area contributed by atoms with Gasteiger partial charge in [-0.1, -0.05) is 12.1 Å². The molecule has 0 aliphatic heterocycles. The fraction of sp³-hybridized carbons (Fsp3) is 0.143. The van der Waals surface area contributed by atoms with Gasteiger partial charge in [-0.15, -0.1) is 0 Å². The number of amides is 1. The van der Waals surface area contributed by atoms with Crippen LogP contribution in [0.1, 0.15) is 21.6 Å². The third kappa shape index (κ3) is 2.65. The molecule has 1 aromatic heterocycles. The summed E-state index contributed by atoms with van der Waals surface area (Å²) in [7, 11) is 0. The van der Waals surface area contributed by atoms with Crippen molar-refractivity contribution in [1.29, 1.82) is 0 Å². The average molecular weight is 258 g/mol. The number of carbonyl (C=O) groups excluding carboxylic acids is 1. The summed E-state index contributed by atoms with van der Waals surface area (Å²) in [5.41, 5.74) is 6.94. The second-order valence-electron chi connectivity index (χ2n) is 4.19. The fourth-order valence-corrected chi connectivity index (χ4v) is 1.82. The number of phenols is 1. The summed E-state index contributed by atoms with van der Waals surface area (Å²) in [5.74, 6) is -0.316. The normalized spacial score (nSPS) is 10.2. The highest BCUT2D eigenvalue weighted by Crippen LogP contribution is 2.31. The quantitative estimate of drug-likeness (QED) is 0.884. The molecule has 0 spiro atoms. The first kappa shape index (κ1) is 12.9. The maximum Gasteiger partial charge on any atom is 0.254 e. The lowest BCUT2D eigenvalue weighted by atomic mass is 10.1. The topological polar surface area (TPSA) is 85.4 Å². The number of primary amides is 1. The molecule has 1 heterocycles. The molecular weight excluding hydrogens is 244 g/mol. The van der Waals surface area contributed by atoms with Crippen molar-refractivity contribution < 1.29 is 14.6 Å². The zero-order valence-corrected chi connectivity index (χ0v) is 10.7. The van der Waals surface area contributed by atoms with E-state index in [1.807, 2.05) is 0 Å². The number of aromatic hydroxyl groups is 1. The van der Waals surface area contributed by atoms with E-state index in [0.717, 1.165) is 0 Å². The number of para-hydroxylation sites is 2. The van der Waals surface area contributed by atoms with Crippen LogP contribution in [-0.4, -0.2) is 16.0 Å². The van der Waals surface area contributed by atoms with Gasteiger partial charge < -0.3 is 15.6 Å². The summed E-state index contributed by atoms with van der Waals surface area (Å²) in [4.78, 5) is 15.6. The van der Waals surface area contributed by atoms with Gasteiger partial charge in [0, 0.05) is 5.69 Å². The van der Waals surface area contributed by atoms with Gasteiger partial charge in [0.1, 0.15) is 5.56 Å². The van der Waals surface area contributed by atoms with Crippen LogP contribution in [0.2, 0.25) is 0 Å². The zero-order chi connectivity index (χ0) is 14.0. The number of carbonyl (C=O) groups is 1. The van der Waals surface area contributed by atoms with Crippen molar-refractivity contribution in [2.45, 2.75) is 13.8 Å². The lowest BCUT2D eigenvalue weighted by Gasteiger charge is -2.12. The molecule has 0 saturated carbocycles. The number of nitrogens with two attached hydrogens (primary N) is 1. The van der Waals surface area contributed by atoms with Crippen LogP contribution in [0, 0.1) is 13.8 Å². The molecule has 0 aliphatic carbocycles. The largest absolute Gasteiger partial charge is 0.504 e. The minimum absolute atomic E-state index is 0.0288. The minimum Gasteiger partial charge on any atom is -0.504 e. The highest BCUT2D eigenvalue weighted by Gasteiger charge is 2.17. The van der Waals surface area contributed by atoms with Crippen LogP contribution >= 0.6 is 0 Å². The van der Waals surface area contributed by atoms with Gasteiger partial charge in [-0.25, -0.2) is 4.98 Å². The van der Waals surface area contributed by atoms with Gasteiger partial charge in [-0.05, 0) is 37.6 Å². The number of nitrogens with zero attached hydrogens (tertiary/aromatic N) is 1. The molecule has 98 valence electrons. The summed E-state index contributed by atoms with van der Waals surface area (Å²) in [5, 5.41) is 9.67. The second kappa shape index (κ2) is 4.97. The Morgan fingerprint density at radius 3 is 2.63 bits per heavy atom. The number of aromatic nitrogens is 1. The Bertz CT molecular complexity index is 639. The molecule has 1 amide bonds. The second-order valence-corrected chi connectivity index (χ2v) is 4.19. The van der Waals surface area contributed by atoms with Crippen LogP contribution in [-0.2, 0) is 0 Å². The molecule has 1 aromatic carbocycles. The Morgan fingerprint density at radius 2 is 2.00 bits per heavy atom. The molecule has 0 radical (unpaired) electrons. The van der Waals surface area contributed by atoms with Crippen molar-refractivity contribution in [2.24, 2.45) is 5.73 Å². The first-order chi connectivity index (χ1) is 8.99. The number of hydrogen-bond donors (Lipinski definition) is 2. The molecule has 2 rings (SSSR count). The molecule has 2 aromatic rings. The van der Waals surface area contributed by atoms with Crippen LogP contribution in [0.3, 0.4) is 0 Å². The molecule has 5 nitrogen and oxygen atoms in total. The van der Waals surface area contributed by atoms with Crippen molar-refractivity contribution in [3.63, 3.8) is 0 Å². The highest BCUT2D eigenvalue weighted by atomic mass is 16.5. The Morgan fingerprint density at radius 1 is 1.32 bits per heavy atom. The van der Waals surface area contributed by atoms with Gasteiger partial charge in [0.2, 0.25) is 5.88 Å². The Kier molecular flexibility index (Phi) is 3.37. The number of ether oxygens (including phenoxy) is 1. The lowest BCUT2D eigenvalue weighted by Crippen LogP contribution is -2.15. The predicted molar refractivity (Wildman–Crippen MR) is 70.4 cm³/mol. The SMILES string of the molecule is Cc1cc(C)c(C(N)=O)c(Oc2ccccc2O)n1. The Balaban J connectivity index is 2.51. The van der Waals surface area contributed by atoms with Gasteiger partial charge in [0.05, 0.1) is 0 Å². The summed E-state index contributed by atoms with van der Waals surface area (Å²) in [6, 6.07) is 8.20. The number of aryl methyl sites for hydroxylation is 2. The first-order valence-electron chi connectivity index (χ1n) is 5.73. The van der Waals surface area contributed by atoms with Crippen molar-refractivity contribution in [3.05, 3.63) is 47.2 Å². The van der Waals surface area contributed by atoms with Gasteiger partial charge in [-0.3, -0.25) is 4.79 Å². The summed E-state index contributed by atoms with van der Waals surface area (Å²) in [6.45, 7) is 3.54. The number of benzene rings is 1. The first-order valence-corrected chi connectivity index (χ1v) is 5.73. The molecule has 0 fully saturated rings. The predicted octanol–water partition coefficient (Wildman–Crippen LogP) is 2.30. The van der Waals surface area contributed by atoms with E-state index in [4.69, 9.17) is 10.5 Å². The van der Waals surface area contributed by atoms with Crippen molar-refractivity contribution >= 4 is 5.91 Å². The Hall–Kier alpha value is -2.56. The third-order valence-corrected chi connectivity index (χ3v) is 2.63. The average Bonchev–Trinajstić information content (AvgIpc) is 2.30. The van der Waals surface area contributed by atoms with E-state index < -0.39 is 5.91 Å². The van der Waals surface area contributed by atoms with Crippen LogP contribution in [0.5, 0.6) is 17.4 Å². The van der Waals surface area contributed by atoms with E-state index in [1.54, 1.807) is 38.1 Å². The van der Waals surface area contributed by atoms with Crippen LogP contribution in [0.25, 0.3) is 0 Å². The molecule has 19 heavy (non-hydrogen) atoms. The number of phenolic OH excluding ortho intramolecular Hbond substituents is 1. The van der Waals surface area contributed by atoms with E-state index >= 15 is 0 Å². The number of hydrogen-bond acceptors (Lipinski definition) is 4. The third-order valence-electron chi connectivity index (χ3n) is 2.63. The van der Waals surface area contributed by atoms with Crippen LogP contribution < -0.4 is 10.5 Å². The summed E-state index contributed by atoms with van der Waals surface area (Å²) in [6.07, 6.45) is 0. The molecule has 3 N–H and O–H groups in total. The maximum absolute atomic E-state index is 11.5. The lowest BCUT2D eigenvalue weighted by molar-refractivity contribution is 0.0996. The number of pyridine rings is 1. The molecular formula is C14H14N2O3. The van der Waals surface area contributed by atoms with E-state index in [1.165, 1.54) is 6.07 Å². The molecule has 0 bridgehead atoms. The van der Waals surface area contributed by atoms with Crippen molar-refractivity contribution in [3.8, 4) is 17.4 Å². The number of rotatable bonds is 3. The molecule has 0 unspecified atom stereocenters. The van der Waals surface area contributed by atoms with Crippen molar-refractivity contribution in [2.75, 3.05) is 0 Å². The van der Waals surface area contributed by atoms with Crippen molar-refractivity contribution in [1.82, 2.24) is 4.98 Å². The minimum atomic E-state index is -0.615. The zero-order valence-electron chi connectivity index (χ0n) is 10.7. The fourth-order valence-electron chi connectivity index (χ4n) is 1.82. The molecule has 0 saturated heterocycles. The molecule has 5 heteroatoms. The van der Waals surface area contributed by atoms with Gasteiger partial charge in [-0.2, -0.15) is 0 Å². The van der Waals surface area contributed by atoms with Crippen LogP contribution in [0.4, 0.5) is 0 Å². The maximum atomic E-state index is 11.5. The summed E-state index contributed by atoms with van der Waals surface area (Å²) < 4.78 is 5.50. The Labute approximate surface area is 110 Å². The van der Waals surface area contributed by atoms with Gasteiger partial charge in [0.15, 0.2) is 11.5 Å². The molecule has 0 aliphatic rings. The highest BCUT2D eigenvalue weighted by molar-refractivity contribution is 5.96. The van der Waals surface area contributed by atoms with E-state index in [9.17, 15) is 9.90 Å². The van der Waals surface area contributed by atoms with E-state index in [2.05, 4.69) is 4.98 Å². The van der Waals surface area contributed by atoms with Gasteiger partial charge in [0.25, 0.3) is 5.91 Å². The van der Waals surface area contributed by atoms with Crippen LogP contribution in [0.15, 0.2) is 30.3 Å². The monoisotopic (exact) mass is 258 g/mol. The molecule has 0 atom stereocenters. The van der Waals surface area contributed by atoms with E-state index in [0.29, 0.717) is 11.3 Å². The summed E-state index contributed by atoms with van der Waals surface area (Å²) >= 11 is 0.